The maximum atomic E-state index is 8.89. The highest BCUT2D eigenvalue weighted by molar-refractivity contribution is 5.52. The number of benzene rings is 1. The first-order chi connectivity index (χ1) is 8.20. The molecule has 1 saturated heterocycles. The third-order valence-corrected chi connectivity index (χ3v) is 3.34. The Kier molecular flexibility index (Phi) is 3.65. The van der Waals surface area contributed by atoms with Crippen molar-refractivity contribution in [1.29, 1.82) is 5.26 Å². The van der Waals surface area contributed by atoms with Crippen molar-refractivity contribution in [3.63, 3.8) is 0 Å². The molecule has 0 aliphatic carbocycles. The molecule has 90 valence electrons. The lowest BCUT2D eigenvalue weighted by Crippen LogP contribution is -2.35. The SMILES string of the molecule is Cc1cc(NC2CCOCC2C)ccc1C#N. The van der Waals surface area contributed by atoms with E-state index in [0.717, 1.165) is 36.4 Å². The fourth-order valence-electron chi connectivity index (χ4n) is 2.19. The number of aryl methyl sites for hydroxylation is 1. The molecule has 1 N–H and O–H groups in total. The largest absolute Gasteiger partial charge is 0.382 e. The highest BCUT2D eigenvalue weighted by Crippen LogP contribution is 2.21. The lowest BCUT2D eigenvalue weighted by atomic mass is 9.97. The van der Waals surface area contributed by atoms with Gasteiger partial charge in [-0.25, -0.2) is 0 Å². The van der Waals surface area contributed by atoms with Crippen molar-refractivity contribution in [3.8, 4) is 6.07 Å². The van der Waals surface area contributed by atoms with E-state index >= 15 is 0 Å². The molecule has 1 heterocycles. The van der Waals surface area contributed by atoms with Crippen molar-refractivity contribution < 1.29 is 4.74 Å². The molecule has 3 nitrogen and oxygen atoms in total. The molecule has 1 aromatic carbocycles. The van der Waals surface area contributed by atoms with Crippen LogP contribution >= 0.6 is 0 Å². The number of ether oxygens (including phenoxy) is 1. The van der Waals surface area contributed by atoms with Gasteiger partial charge in [0.1, 0.15) is 0 Å². The van der Waals surface area contributed by atoms with Gasteiger partial charge in [-0.3, -0.25) is 0 Å². The second kappa shape index (κ2) is 5.20. The molecular weight excluding hydrogens is 212 g/mol. The Morgan fingerprint density at radius 1 is 1.47 bits per heavy atom. The van der Waals surface area contributed by atoms with Gasteiger partial charge in [0.15, 0.2) is 0 Å². The minimum Gasteiger partial charge on any atom is -0.382 e. The Morgan fingerprint density at radius 2 is 2.29 bits per heavy atom. The van der Waals surface area contributed by atoms with Crippen molar-refractivity contribution >= 4 is 5.69 Å². The van der Waals surface area contributed by atoms with Gasteiger partial charge in [-0.05, 0) is 43.0 Å². The van der Waals surface area contributed by atoms with Crippen LogP contribution < -0.4 is 5.32 Å². The average Bonchev–Trinajstić information content (AvgIpc) is 2.32. The smallest absolute Gasteiger partial charge is 0.0994 e. The Morgan fingerprint density at radius 3 is 2.94 bits per heavy atom. The van der Waals surface area contributed by atoms with E-state index in [4.69, 9.17) is 10.00 Å². The summed E-state index contributed by atoms with van der Waals surface area (Å²) in [5, 5.41) is 12.4. The van der Waals surface area contributed by atoms with E-state index < -0.39 is 0 Å². The quantitative estimate of drug-likeness (QED) is 0.849. The molecule has 0 aromatic heterocycles. The monoisotopic (exact) mass is 230 g/mol. The van der Waals surface area contributed by atoms with E-state index in [0.29, 0.717) is 12.0 Å². The third kappa shape index (κ3) is 2.78. The van der Waals surface area contributed by atoms with Crippen LogP contribution in [0.25, 0.3) is 0 Å². The lowest BCUT2D eigenvalue weighted by molar-refractivity contribution is 0.0538. The van der Waals surface area contributed by atoms with E-state index in [-0.39, 0.29) is 0 Å². The van der Waals surface area contributed by atoms with Crippen LogP contribution in [-0.2, 0) is 4.74 Å². The van der Waals surface area contributed by atoms with E-state index in [9.17, 15) is 0 Å². The summed E-state index contributed by atoms with van der Waals surface area (Å²) in [6, 6.07) is 8.55. The fraction of sp³-hybridized carbons (Fsp3) is 0.500. The summed E-state index contributed by atoms with van der Waals surface area (Å²) in [5.41, 5.74) is 2.87. The highest BCUT2D eigenvalue weighted by atomic mass is 16.5. The normalized spacial score (nSPS) is 24.1. The molecule has 17 heavy (non-hydrogen) atoms. The number of nitrogens with zero attached hydrogens (tertiary/aromatic N) is 1. The zero-order valence-electron chi connectivity index (χ0n) is 10.4. The van der Waals surface area contributed by atoms with Gasteiger partial charge in [0.05, 0.1) is 18.2 Å². The van der Waals surface area contributed by atoms with Crippen LogP contribution in [0, 0.1) is 24.2 Å². The fourth-order valence-corrected chi connectivity index (χ4v) is 2.19. The van der Waals surface area contributed by atoms with Crippen LogP contribution in [0.4, 0.5) is 5.69 Å². The number of nitrogens with one attached hydrogen (secondary N) is 1. The molecule has 1 aromatic rings. The summed E-state index contributed by atoms with van der Waals surface area (Å²) >= 11 is 0. The standard InChI is InChI=1S/C14H18N2O/c1-10-7-13(4-3-12(10)8-15)16-14-5-6-17-9-11(14)2/h3-4,7,11,14,16H,5-6,9H2,1-2H3. The third-order valence-electron chi connectivity index (χ3n) is 3.34. The number of nitriles is 1. The van der Waals surface area contributed by atoms with Crippen molar-refractivity contribution in [2.45, 2.75) is 26.3 Å². The lowest BCUT2D eigenvalue weighted by Gasteiger charge is -2.30. The van der Waals surface area contributed by atoms with Gasteiger partial charge in [-0.15, -0.1) is 0 Å². The molecule has 0 saturated carbocycles. The van der Waals surface area contributed by atoms with E-state index in [2.05, 4.69) is 18.3 Å². The Bertz CT molecular complexity index is 436. The number of rotatable bonds is 2. The summed E-state index contributed by atoms with van der Waals surface area (Å²) < 4.78 is 5.43. The summed E-state index contributed by atoms with van der Waals surface area (Å²) in [4.78, 5) is 0. The predicted octanol–water partition coefficient (Wildman–Crippen LogP) is 2.70. The molecule has 1 aliphatic heterocycles. The van der Waals surface area contributed by atoms with Crippen LogP contribution in [0.5, 0.6) is 0 Å². The Hall–Kier alpha value is -1.53. The summed E-state index contributed by atoms with van der Waals surface area (Å²) in [6.45, 7) is 5.83. The number of hydrogen-bond acceptors (Lipinski definition) is 3. The highest BCUT2D eigenvalue weighted by Gasteiger charge is 2.21. The summed E-state index contributed by atoms with van der Waals surface area (Å²) in [5.74, 6) is 0.527. The predicted molar refractivity (Wildman–Crippen MR) is 67.9 cm³/mol. The van der Waals surface area contributed by atoms with Crippen LogP contribution in [0.3, 0.4) is 0 Å². The molecule has 1 fully saturated rings. The maximum Gasteiger partial charge on any atom is 0.0994 e. The molecule has 0 amide bonds. The zero-order valence-corrected chi connectivity index (χ0v) is 10.4. The first-order valence-electron chi connectivity index (χ1n) is 6.05. The molecule has 2 rings (SSSR count). The molecule has 0 bridgehead atoms. The van der Waals surface area contributed by atoms with Crippen molar-refractivity contribution in [2.24, 2.45) is 5.92 Å². The van der Waals surface area contributed by atoms with Crippen LogP contribution in [0.1, 0.15) is 24.5 Å². The molecule has 0 radical (unpaired) electrons. The Balaban J connectivity index is 2.08. The number of hydrogen-bond donors (Lipinski definition) is 1. The molecule has 2 unspecified atom stereocenters. The van der Waals surface area contributed by atoms with Crippen molar-refractivity contribution in [1.82, 2.24) is 0 Å². The first-order valence-corrected chi connectivity index (χ1v) is 6.05. The first kappa shape index (κ1) is 11.9. The molecule has 3 heteroatoms. The van der Waals surface area contributed by atoms with Crippen LogP contribution in [0.2, 0.25) is 0 Å². The molecule has 1 aliphatic rings. The number of anilines is 1. The van der Waals surface area contributed by atoms with Gasteiger partial charge >= 0.3 is 0 Å². The average molecular weight is 230 g/mol. The van der Waals surface area contributed by atoms with Crippen molar-refractivity contribution in [3.05, 3.63) is 29.3 Å². The molecular formula is C14H18N2O. The van der Waals surface area contributed by atoms with Crippen LogP contribution in [-0.4, -0.2) is 19.3 Å². The van der Waals surface area contributed by atoms with Gasteiger partial charge in [0.25, 0.3) is 0 Å². The van der Waals surface area contributed by atoms with Crippen LogP contribution in [0.15, 0.2) is 18.2 Å². The van der Waals surface area contributed by atoms with Gasteiger partial charge in [-0.1, -0.05) is 6.92 Å². The van der Waals surface area contributed by atoms with Gasteiger partial charge in [0.2, 0.25) is 0 Å². The second-order valence-corrected chi connectivity index (χ2v) is 4.73. The topological polar surface area (TPSA) is 45.0 Å². The summed E-state index contributed by atoms with van der Waals surface area (Å²) in [7, 11) is 0. The van der Waals surface area contributed by atoms with E-state index in [1.54, 1.807) is 0 Å². The maximum absolute atomic E-state index is 8.89. The van der Waals surface area contributed by atoms with Gasteiger partial charge < -0.3 is 10.1 Å². The van der Waals surface area contributed by atoms with Gasteiger partial charge in [-0.2, -0.15) is 5.26 Å². The minimum absolute atomic E-state index is 0.469. The Labute approximate surface area is 102 Å². The van der Waals surface area contributed by atoms with E-state index in [1.807, 2.05) is 25.1 Å². The molecule has 2 atom stereocenters. The van der Waals surface area contributed by atoms with Crippen molar-refractivity contribution in [2.75, 3.05) is 18.5 Å². The van der Waals surface area contributed by atoms with E-state index in [1.165, 1.54) is 0 Å². The molecule has 0 spiro atoms. The summed E-state index contributed by atoms with van der Waals surface area (Å²) in [6.07, 6.45) is 1.04. The minimum atomic E-state index is 0.469. The zero-order chi connectivity index (χ0) is 12.3. The van der Waals surface area contributed by atoms with Gasteiger partial charge in [0, 0.05) is 18.3 Å². The second-order valence-electron chi connectivity index (χ2n) is 4.73.